The highest BCUT2D eigenvalue weighted by molar-refractivity contribution is 7.92. The van der Waals surface area contributed by atoms with E-state index < -0.39 is 21.5 Å². The molecular formula is C18H20N2O4S. The number of para-hydroxylation sites is 2. The molecule has 3 rings (SSSR count). The van der Waals surface area contributed by atoms with E-state index in [1.54, 1.807) is 24.3 Å². The molecule has 1 aliphatic heterocycles. The van der Waals surface area contributed by atoms with Crippen LogP contribution in [0.1, 0.15) is 0 Å². The molecule has 132 valence electrons. The fourth-order valence-electron chi connectivity index (χ4n) is 2.73. The number of ether oxygens (including phenoxy) is 1. The number of sulfone groups is 1. The van der Waals surface area contributed by atoms with Gasteiger partial charge in [0.2, 0.25) is 5.91 Å². The van der Waals surface area contributed by atoms with E-state index >= 15 is 0 Å². The van der Waals surface area contributed by atoms with Gasteiger partial charge >= 0.3 is 0 Å². The van der Waals surface area contributed by atoms with E-state index in [9.17, 15) is 13.2 Å². The molecule has 1 fully saturated rings. The molecule has 0 atom stereocenters. The Morgan fingerprint density at radius 2 is 1.64 bits per heavy atom. The smallest absolute Gasteiger partial charge is 0.240 e. The van der Waals surface area contributed by atoms with Gasteiger partial charge < -0.3 is 15.0 Å². The number of nitrogens with one attached hydrogen (secondary N) is 1. The molecule has 1 aliphatic rings. The van der Waals surface area contributed by atoms with Crippen molar-refractivity contribution >= 4 is 27.1 Å². The maximum absolute atomic E-state index is 12.3. The summed E-state index contributed by atoms with van der Waals surface area (Å²) in [6, 6.07) is 15.4. The number of benzene rings is 2. The van der Waals surface area contributed by atoms with E-state index in [2.05, 4.69) is 10.2 Å². The van der Waals surface area contributed by atoms with E-state index in [4.69, 9.17) is 4.74 Å². The predicted molar refractivity (Wildman–Crippen MR) is 96.6 cm³/mol. The second-order valence-electron chi connectivity index (χ2n) is 5.74. The first-order chi connectivity index (χ1) is 12.1. The van der Waals surface area contributed by atoms with Crippen molar-refractivity contribution in [2.75, 3.05) is 42.3 Å². The summed E-state index contributed by atoms with van der Waals surface area (Å²) >= 11 is 0. The fraction of sp³-hybridized carbons (Fsp3) is 0.278. The first kappa shape index (κ1) is 17.4. The van der Waals surface area contributed by atoms with Gasteiger partial charge in [0.25, 0.3) is 0 Å². The van der Waals surface area contributed by atoms with Crippen LogP contribution in [0.2, 0.25) is 0 Å². The zero-order valence-corrected chi connectivity index (χ0v) is 14.5. The van der Waals surface area contributed by atoms with Crippen LogP contribution >= 0.6 is 0 Å². The summed E-state index contributed by atoms with van der Waals surface area (Å²) in [7, 11) is -3.66. The summed E-state index contributed by atoms with van der Waals surface area (Å²) in [6.45, 7) is 2.72. The molecule has 0 aliphatic carbocycles. The Balaban J connectivity index is 1.73. The Hall–Kier alpha value is -2.38. The third-order valence-corrected chi connectivity index (χ3v) is 5.59. The third kappa shape index (κ3) is 4.37. The third-order valence-electron chi connectivity index (χ3n) is 3.95. The average molecular weight is 360 g/mol. The molecule has 0 aromatic heterocycles. The molecule has 0 spiro atoms. The number of amides is 1. The van der Waals surface area contributed by atoms with Gasteiger partial charge in [0.1, 0.15) is 5.75 Å². The second kappa shape index (κ2) is 7.67. The lowest BCUT2D eigenvalue weighted by Crippen LogP contribution is -2.37. The molecule has 1 heterocycles. The highest BCUT2D eigenvalue weighted by Gasteiger charge is 2.21. The summed E-state index contributed by atoms with van der Waals surface area (Å²) < 4.78 is 30.0. The molecule has 0 bridgehead atoms. The molecule has 6 nitrogen and oxygen atoms in total. The Bertz CT molecular complexity index is 831. The van der Waals surface area contributed by atoms with Crippen LogP contribution in [0.5, 0.6) is 0 Å². The zero-order valence-electron chi connectivity index (χ0n) is 13.7. The number of hydrogen-bond donors (Lipinski definition) is 1. The van der Waals surface area contributed by atoms with Crippen LogP contribution in [0.4, 0.5) is 11.4 Å². The van der Waals surface area contributed by atoms with Gasteiger partial charge in [-0.2, -0.15) is 0 Å². The maximum Gasteiger partial charge on any atom is 0.240 e. The number of hydrogen-bond acceptors (Lipinski definition) is 5. The normalized spacial score (nSPS) is 15.0. The summed E-state index contributed by atoms with van der Waals surface area (Å²) in [4.78, 5) is 14.6. The highest BCUT2D eigenvalue weighted by Crippen LogP contribution is 2.26. The van der Waals surface area contributed by atoms with E-state index in [1.165, 1.54) is 12.1 Å². The molecule has 2 aromatic carbocycles. The molecule has 25 heavy (non-hydrogen) atoms. The molecule has 0 saturated carbocycles. The van der Waals surface area contributed by atoms with Gasteiger partial charge in [-0.15, -0.1) is 0 Å². The first-order valence-corrected chi connectivity index (χ1v) is 9.71. The van der Waals surface area contributed by atoms with Crippen molar-refractivity contribution in [1.29, 1.82) is 0 Å². The zero-order chi connectivity index (χ0) is 17.7. The topological polar surface area (TPSA) is 75.7 Å². The van der Waals surface area contributed by atoms with Crippen molar-refractivity contribution in [2.24, 2.45) is 0 Å². The number of nitrogens with zero attached hydrogens (tertiary/aromatic N) is 1. The molecule has 0 radical (unpaired) electrons. The average Bonchev–Trinajstić information content (AvgIpc) is 2.63. The van der Waals surface area contributed by atoms with Crippen LogP contribution in [0.15, 0.2) is 59.5 Å². The van der Waals surface area contributed by atoms with E-state index in [0.717, 1.165) is 18.8 Å². The molecular weight excluding hydrogens is 340 g/mol. The minimum Gasteiger partial charge on any atom is -0.378 e. The summed E-state index contributed by atoms with van der Waals surface area (Å²) in [5, 5.41) is 2.73. The van der Waals surface area contributed by atoms with E-state index in [-0.39, 0.29) is 4.90 Å². The minimum atomic E-state index is -3.66. The number of morpholine rings is 1. The highest BCUT2D eigenvalue weighted by atomic mass is 32.2. The Morgan fingerprint density at radius 1 is 1.00 bits per heavy atom. The number of carbonyl (C=O) groups excluding carboxylic acids is 1. The minimum absolute atomic E-state index is 0.145. The van der Waals surface area contributed by atoms with Crippen molar-refractivity contribution < 1.29 is 17.9 Å². The van der Waals surface area contributed by atoms with Crippen molar-refractivity contribution in [3.05, 3.63) is 54.6 Å². The molecule has 0 unspecified atom stereocenters. The van der Waals surface area contributed by atoms with Crippen molar-refractivity contribution in [3.63, 3.8) is 0 Å². The van der Waals surface area contributed by atoms with Gasteiger partial charge in [-0.05, 0) is 24.3 Å². The van der Waals surface area contributed by atoms with Crippen LogP contribution in [0, 0.1) is 0 Å². The summed E-state index contributed by atoms with van der Waals surface area (Å²) in [5.41, 5.74) is 1.48. The number of carbonyl (C=O) groups is 1. The molecule has 2 aromatic rings. The quantitative estimate of drug-likeness (QED) is 0.882. The van der Waals surface area contributed by atoms with Gasteiger partial charge in [-0.3, -0.25) is 4.79 Å². The number of rotatable bonds is 5. The lowest BCUT2D eigenvalue weighted by molar-refractivity contribution is -0.113. The SMILES string of the molecule is O=C(CS(=O)(=O)c1ccccc1)Nc1ccccc1N1CCOCC1. The van der Waals surface area contributed by atoms with Crippen molar-refractivity contribution in [2.45, 2.75) is 4.90 Å². The number of anilines is 2. The van der Waals surface area contributed by atoms with Gasteiger partial charge in [0, 0.05) is 13.1 Å². The van der Waals surface area contributed by atoms with Crippen LogP contribution < -0.4 is 10.2 Å². The molecule has 1 N–H and O–H groups in total. The lowest BCUT2D eigenvalue weighted by atomic mass is 10.2. The molecule has 1 amide bonds. The van der Waals surface area contributed by atoms with E-state index in [1.807, 2.05) is 18.2 Å². The molecule has 1 saturated heterocycles. The van der Waals surface area contributed by atoms with Crippen LogP contribution in [-0.2, 0) is 19.4 Å². The Kier molecular flexibility index (Phi) is 5.35. The van der Waals surface area contributed by atoms with Gasteiger partial charge in [-0.1, -0.05) is 30.3 Å². The monoisotopic (exact) mass is 360 g/mol. The Morgan fingerprint density at radius 3 is 2.36 bits per heavy atom. The standard InChI is InChI=1S/C18H20N2O4S/c21-18(14-25(22,23)15-6-2-1-3-7-15)19-16-8-4-5-9-17(16)20-10-12-24-13-11-20/h1-9H,10-14H2,(H,19,21). The second-order valence-corrected chi connectivity index (χ2v) is 7.73. The summed E-state index contributed by atoms with van der Waals surface area (Å²) in [6.07, 6.45) is 0. The van der Waals surface area contributed by atoms with Crippen molar-refractivity contribution in [3.8, 4) is 0 Å². The largest absolute Gasteiger partial charge is 0.378 e. The fourth-order valence-corrected chi connectivity index (χ4v) is 3.89. The first-order valence-electron chi connectivity index (χ1n) is 8.06. The van der Waals surface area contributed by atoms with Crippen LogP contribution in [0.3, 0.4) is 0 Å². The summed E-state index contributed by atoms with van der Waals surface area (Å²) in [5.74, 6) is -1.14. The van der Waals surface area contributed by atoms with Gasteiger partial charge in [0.05, 0.1) is 29.5 Å². The van der Waals surface area contributed by atoms with Crippen LogP contribution in [0.25, 0.3) is 0 Å². The van der Waals surface area contributed by atoms with Gasteiger partial charge in [0.15, 0.2) is 9.84 Å². The Labute approximate surface area is 147 Å². The molecule has 7 heteroatoms. The van der Waals surface area contributed by atoms with Gasteiger partial charge in [-0.25, -0.2) is 8.42 Å². The van der Waals surface area contributed by atoms with Crippen LogP contribution in [-0.4, -0.2) is 46.4 Å². The van der Waals surface area contributed by atoms with Crippen molar-refractivity contribution in [1.82, 2.24) is 0 Å². The predicted octanol–water partition coefficient (Wildman–Crippen LogP) is 1.94. The maximum atomic E-state index is 12.3. The lowest BCUT2D eigenvalue weighted by Gasteiger charge is -2.30. The van der Waals surface area contributed by atoms with E-state index in [0.29, 0.717) is 18.9 Å².